The Morgan fingerprint density at radius 1 is 1.00 bits per heavy atom. The van der Waals surface area contributed by atoms with Crippen molar-refractivity contribution in [1.29, 1.82) is 0 Å². The van der Waals surface area contributed by atoms with Gasteiger partial charge in [0.15, 0.2) is 16.7 Å². The average Bonchev–Trinajstić information content (AvgIpc) is 3.63. The Labute approximate surface area is 200 Å². The molecule has 170 valence electrons. The Kier molecular flexibility index (Phi) is 6.26. The van der Waals surface area contributed by atoms with E-state index in [0.29, 0.717) is 29.1 Å². The molecule has 0 aliphatic carbocycles. The second kappa shape index (κ2) is 9.80. The molecule has 34 heavy (non-hydrogen) atoms. The van der Waals surface area contributed by atoms with E-state index < -0.39 is 0 Å². The fraction of sp³-hybridized carbons (Fsp3) is 0.120. The maximum Gasteiger partial charge on any atom is 0.236 e. The van der Waals surface area contributed by atoms with Crippen molar-refractivity contribution in [3.8, 4) is 28.5 Å². The summed E-state index contributed by atoms with van der Waals surface area (Å²) in [5.74, 6) is 1.91. The van der Waals surface area contributed by atoms with Gasteiger partial charge in [-0.05, 0) is 31.2 Å². The van der Waals surface area contributed by atoms with Crippen molar-refractivity contribution in [2.75, 3.05) is 11.1 Å². The van der Waals surface area contributed by atoms with Crippen LogP contribution in [-0.4, -0.2) is 36.2 Å². The number of aromatic nitrogens is 5. The number of nitrogens with one attached hydrogen (secondary N) is 1. The van der Waals surface area contributed by atoms with Crippen LogP contribution in [0, 0.1) is 0 Å². The fourth-order valence-corrected chi connectivity index (χ4v) is 4.37. The SMILES string of the molecule is CCn1c(SCC(=O)Nc2cc(-c3ccccc3)nn2-c2ccccc2)nnc1-c1ccco1. The predicted octanol–water partition coefficient (Wildman–Crippen LogP) is 5.14. The van der Waals surface area contributed by atoms with E-state index >= 15 is 0 Å². The molecule has 2 aromatic carbocycles. The highest BCUT2D eigenvalue weighted by Gasteiger charge is 2.18. The summed E-state index contributed by atoms with van der Waals surface area (Å²) < 4.78 is 9.13. The molecule has 0 atom stereocenters. The number of para-hydroxylation sites is 1. The maximum absolute atomic E-state index is 12.9. The molecule has 0 bridgehead atoms. The van der Waals surface area contributed by atoms with Crippen LogP contribution in [0.1, 0.15) is 6.92 Å². The van der Waals surface area contributed by atoms with Crippen molar-refractivity contribution in [1.82, 2.24) is 24.5 Å². The standard InChI is InChI=1S/C25H22N6O2S/c1-2-30-24(21-14-9-15-33-21)27-28-25(30)34-17-23(32)26-22-16-20(18-10-5-3-6-11-18)29-31(22)19-12-7-4-8-13-19/h3-16H,2,17H2,1H3,(H,26,32). The number of carbonyl (C=O) groups is 1. The monoisotopic (exact) mass is 470 g/mol. The number of rotatable bonds is 8. The third-order valence-electron chi connectivity index (χ3n) is 5.15. The van der Waals surface area contributed by atoms with Crippen molar-refractivity contribution < 1.29 is 9.21 Å². The molecule has 5 rings (SSSR count). The van der Waals surface area contributed by atoms with Gasteiger partial charge in [-0.2, -0.15) is 5.10 Å². The highest BCUT2D eigenvalue weighted by Crippen LogP contribution is 2.26. The van der Waals surface area contributed by atoms with Crippen molar-refractivity contribution in [3.05, 3.63) is 85.1 Å². The molecular formula is C25H22N6O2S. The molecule has 0 spiro atoms. The van der Waals surface area contributed by atoms with Crippen LogP contribution in [0.3, 0.4) is 0 Å². The number of hydrogen-bond donors (Lipinski definition) is 1. The zero-order valence-electron chi connectivity index (χ0n) is 18.5. The summed E-state index contributed by atoms with van der Waals surface area (Å²) >= 11 is 1.33. The predicted molar refractivity (Wildman–Crippen MR) is 132 cm³/mol. The molecule has 3 heterocycles. The third-order valence-corrected chi connectivity index (χ3v) is 6.12. The zero-order valence-corrected chi connectivity index (χ0v) is 19.3. The largest absolute Gasteiger partial charge is 0.461 e. The molecule has 1 N–H and O–H groups in total. The molecule has 9 heteroatoms. The van der Waals surface area contributed by atoms with E-state index in [-0.39, 0.29) is 11.7 Å². The molecule has 8 nitrogen and oxygen atoms in total. The van der Waals surface area contributed by atoms with Crippen LogP contribution < -0.4 is 5.32 Å². The number of amides is 1. The molecular weight excluding hydrogens is 448 g/mol. The first-order valence-corrected chi connectivity index (χ1v) is 11.8. The lowest BCUT2D eigenvalue weighted by Crippen LogP contribution is -2.17. The lowest BCUT2D eigenvalue weighted by atomic mass is 10.2. The quantitative estimate of drug-likeness (QED) is 0.316. The highest BCUT2D eigenvalue weighted by molar-refractivity contribution is 7.99. The van der Waals surface area contributed by atoms with Crippen LogP contribution in [0.4, 0.5) is 5.82 Å². The Morgan fingerprint density at radius 3 is 2.47 bits per heavy atom. The van der Waals surface area contributed by atoms with Gasteiger partial charge in [0, 0.05) is 18.2 Å². The minimum Gasteiger partial charge on any atom is -0.461 e. The summed E-state index contributed by atoms with van der Waals surface area (Å²) in [5.41, 5.74) is 2.62. The van der Waals surface area contributed by atoms with Gasteiger partial charge in [-0.1, -0.05) is 60.3 Å². The molecule has 0 unspecified atom stereocenters. The molecule has 1 amide bonds. The topological polar surface area (TPSA) is 90.8 Å². The summed E-state index contributed by atoms with van der Waals surface area (Å²) in [6, 6.07) is 25.1. The van der Waals surface area contributed by atoms with E-state index in [2.05, 4.69) is 15.5 Å². The number of benzene rings is 2. The van der Waals surface area contributed by atoms with Crippen LogP contribution in [0.15, 0.2) is 94.7 Å². The smallest absolute Gasteiger partial charge is 0.236 e. The lowest BCUT2D eigenvalue weighted by Gasteiger charge is -2.09. The first kappa shape index (κ1) is 21.7. The highest BCUT2D eigenvalue weighted by atomic mass is 32.2. The number of hydrogen-bond acceptors (Lipinski definition) is 6. The number of carbonyl (C=O) groups excluding carboxylic acids is 1. The second-order valence-electron chi connectivity index (χ2n) is 7.39. The van der Waals surface area contributed by atoms with Crippen LogP contribution in [0.25, 0.3) is 28.5 Å². The molecule has 0 saturated carbocycles. The summed E-state index contributed by atoms with van der Waals surface area (Å²) in [4.78, 5) is 12.9. The van der Waals surface area contributed by atoms with Gasteiger partial charge in [-0.3, -0.25) is 9.36 Å². The minimum absolute atomic E-state index is 0.160. The van der Waals surface area contributed by atoms with Gasteiger partial charge < -0.3 is 9.73 Å². The zero-order chi connectivity index (χ0) is 23.3. The average molecular weight is 471 g/mol. The van der Waals surface area contributed by atoms with Gasteiger partial charge in [0.2, 0.25) is 5.91 Å². The first-order valence-electron chi connectivity index (χ1n) is 10.8. The van der Waals surface area contributed by atoms with E-state index in [1.54, 1.807) is 10.9 Å². The summed E-state index contributed by atoms with van der Waals surface area (Å²) in [6.07, 6.45) is 1.60. The number of anilines is 1. The van der Waals surface area contributed by atoms with Crippen LogP contribution in [-0.2, 0) is 11.3 Å². The van der Waals surface area contributed by atoms with E-state index in [1.165, 1.54) is 11.8 Å². The van der Waals surface area contributed by atoms with Crippen molar-refractivity contribution in [3.63, 3.8) is 0 Å². The first-order chi connectivity index (χ1) is 16.7. The van der Waals surface area contributed by atoms with Gasteiger partial charge in [0.1, 0.15) is 5.82 Å². The van der Waals surface area contributed by atoms with E-state index in [0.717, 1.165) is 16.9 Å². The molecule has 0 aliphatic rings. The van der Waals surface area contributed by atoms with Gasteiger partial charge in [0.05, 0.1) is 23.4 Å². The van der Waals surface area contributed by atoms with Gasteiger partial charge >= 0.3 is 0 Å². The number of thioether (sulfide) groups is 1. The van der Waals surface area contributed by atoms with E-state index in [9.17, 15) is 4.79 Å². The molecule has 0 saturated heterocycles. The Bertz CT molecular complexity index is 1380. The second-order valence-corrected chi connectivity index (χ2v) is 8.34. The van der Waals surface area contributed by atoms with Gasteiger partial charge in [-0.15, -0.1) is 10.2 Å². The summed E-state index contributed by atoms with van der Waals surface area (Å²) in [6.45, 7) is 2.66. The Morgan fingerprint density at radius 2 is 1.76 bits per heavy atom. The molecule has 5 aromatic rings. The third kappa shape index (κ3) is 4.51. The van der Waals surface area contributed by atoms with Gasteiger partial charge in [0.25, 0.3) is 0 Å². The van der Waals surface area contributed by atoms with E-state index in [1.807, 2.05) is 90.4 Å². The van der Waals surface area contributed by atoms with E-state index in [4.69, 9.17) is 9.52 Å². The lowest BCUT2D eigenvalue weighted by molar-refractivity contribution is -0.113. The number of furan rings is 1. The van der Waals surface area contributed by atoms with Crippen LogP contribution >= 0.6 is 11.8 Å². The summed E-state index contributed by atoms with van der Waals surface area (Å²) in [5, 5.41) is 16.9. The molecule has 0 aliphatic heterocycles. The van der Waals surface area contributed by atoms with Crippen molar-refractivity contribution >= 4 is 23.5 Å². The Balaban J connectivity index is 1.35. The van der Waals surface area contributed by atoms with Crippen LogP contribution in [0.5, 0.6) is 0 Å². The normalized spacial score (nSPS) is 11.0. The molecule has 0 radical (unpaired) electrons. The molecule has 3 aromatic heterocycles. The Hall–Kier alpha value is -4.11. The molecule has 0 fully saturated rings. The van der Waals surface area contributed by atoms with Crippen LogP contribution in [0.2, 0.25) is 0 Å². The fourth-order valence-electron chi connectivity index (χ4n) is 3.56. The minimum atomic E-state index is -0.160. The summed E-state index contributed by atoms with van der Waals surface area (Å²) in [7, 11) is 0. The van der Waals surface area contributed by atoms with Gasteiger partial charge in [-0.25, -0.2) is 4.68 Å². The van der Waals surface area contributed by atoms with Crippen molar-refractivity contribution in [2.45, 2.75) is 18.6 Å². The van der Waals surface area contributed by atoms with Crippen molar-refractivity contribution in [2.24, 2.45) is 0 Å². The maximum atomic E-state index is 12.9. The number of nitrogens with zero attached hydrogens (tertiary/aromatic N) is 5.